The van der Waals surface area contributed by atoms with Crippen molar-refractivity contribution >= 4 is 58.2 Å². The van der Waals surface area contributed by atoms with Crippen LogP contribution in [0, 0.1) is 0 Å². The first kappa shape index (κ1) is 22.3. The van der Waals surface area contributed by atoms with Gasteiger partial charge in [-0.15, -0.1) is 10.2 Å². The number of methoxy groups -OCH3 is 1. The summed E-state index contributed by atoms with van der Waals surface area (Å²) in [6.45, 7) is 0. The number of nitrogens with zero attached hydrogens (tertiary/aromatic N) is 3. The number of aromatic nitrogens is 3. The summed E-state index contributed by atoms with van der Waals surface area (Å²) in [5, 5.41) is 11.7. The molecule has 0 spiro atoms. The zero-order valence-corrected chi connectivity index (χ0v) is 20.0. The van der Waals surface area contributed by atoms with Gasteiger partial charge in [0.1, 0.15) is 5.75 Å². The van der Waals surface area contributed by atoms with E-state index in [-0.39, 0.29) is 0 Å². The maximum Gasteiger partial charge on any atom is 0.196 e. The molecule has 0 aliphatic carbocycles. The molecule has 31 heavy (non-hydrogen) atoms. The van der Waals surface area contributed by atoms with Gasteiger partial charge in [0, 0.05) is 21.4 Å². The average molecular weight is 511 g/mol. The summed E-state index contributed by atoms with van der Waals surface area (Å²) in [5.41, 5.74) is 2.64. The molecule has 0 radical (unpaired) electrons. The summed E-state index contributed by atoms with van der Waals surface area (Å²) < 4.78 is 7.20. The normalized spacial score (nSPS) is 11.0. The third-order valence-corrected chi connectivity index (χ3v) is 6.82. The van der Waals surface area contributed by atoms with Gasteiger partial charge in [-0.2, -0.15) is 0 Å². The van der Waals surface area contributed by atoms with E-state index >= 15 is 0 Å². The van der Waals surface area contributed by atoms with Gasteiger partial charge in [-0.05, 0) is 60.2 Å². The van der Waals surface area contributed by atoms with E-state index < -0.39 is 0 Å². The minimum Gasteiger partial charge on any atom is -0.497 e. The first-order valence-corrected chi connectivity index (χ1v) is 11.6. The Morgan fingerprint density at radius 2 is 1.61 bits per heavy atom. The van der Waals surface area contributed by atoms with Crippen LogP contribution in [-0.2, 0) is 5.75 Å². The molecule has 0 bridgehead atoms. The fraction of sp³-hybridized carbons (Fsp3) is 0.0909. The summed E-state index contributed by atoms with van der Waals surface area (Å²) in [4.78, 5) is 0. The number of halogens is 4. The minimum absolute atomic E-state index is 0.449. The van der Waals surface area contributed by atoms with Crippen molar-refractivity contribution in [3.05, 3.63) is 86.3 Å². The molecular formula is C22H15Cl4N3OS. The molecule has 0 N–H and O–H groups in total. The van der Waals surface area contributed by atoms with Crippen molar-refractivity contribution in [2.45, 2.75) is 10.9 Å². The molecule has 0 atom stereocenters. The van der Waals surface area contributed by atoms with E-state index in [0.29, 0.717) is 36.8 Å². The van der Waals surface area contributed by atoms with Crippen LogP contribution in [0.25, 0.3) is 17.1 Å². The molecule has 0 fully saturated rings. The van der Waals surface area contributed by atoms with Crippen LogP contribution >= 0.6 is 58.2 Å². The van der Waals surface area contributed by atoms with Crippen LogP contribution in [0.1, 0.15) is 5.56 Å². The predicted octanol–water partition coefficient (Wildman–Crippen LogP) is 7.85. The second-order valence-corrected chi connectivity index (χ2v) is 9.09. The zero-order chi connectivity index (χ0) is 22.0. The molecule has 4 nitrogen and oxygen atoms in total. The van der Waals surface area contributed by atoms with E-state index in [4.69, 9.17) is 51.1 Å². The summed E-state index contributed by atoms with van der Waals surface area (Å²) in [5.74, 6) is 2.03. The van der Waals surface area contributed by atoms with E-state index in [0.717, 1.165) is 22.6 Å². The zero-order valence-electron chi connectivity index (χ0n) is 16.2. The molecular weight excluding hydrogens is 496 g/mol. The first-order chi connectivity index (χ1) is 15.0. The molecule has 0 aliphatic heterocycles. The van der Waals surface area contributed by atoms with Crippen LogP contribution in [0.5, 0.6) is 5.75 Å². The van der Waals surface area contributed by atoms with Crippen LogP contribution in [0.4, 0.5) is 0 Å². The van der Waals surface area contributed by atoms with Gasteiger partial charge in [-0.3, -0.25) is 4.57 Å². The second kappa shape index (κ2) is 9.72. The average Bonchev–Trinajstić information content (AvgIpc) is 3.19. The SMILES string of the molecule is COc1ccc(-c2nnc(SCc3ccc(Cl)cc3Cl)n2-c2ccc(Cl)c(Cl)c2)cc1. The third-order valence-electron chi connectivity index (χ3n) is 4.51. The van der Waals surface area contributed by atoms with Gasteiger partial charge in [-0.1, -0.05) is 64.2 Å². The van der Waals surface area contributed by atoms with Gasteiger partial charge >= 0.3 is 0 Å². The molecule has 0 unspecified atom stereocenters. The monoisotopic (exact) mass is 509 g/mol. The number of hydrogen-bond donors (Lipinski definition) is 0. The highest BCUT2D eigenvalue weighted by atomic mass is 35.5. The molecule has 3 aromatic carbocycles. The maximum atomic E-state index is 6.34. The highest BCUT2D eigenvalue weighted by molar-refractivity contribution is 7.98. The van der Waals surface area contributed by atoms with Gasteiger partial charge in [-0.25, -0.2) is 0 Å². The van der Waals surface area contributed by atoms with Crippen LogP contribution in [0.15, 0.2) is 65.8 Å². The Morgan fingerprint density at radius 3 is 2.29 bits per heavy atom. The van der Waals surface area contributed by atoms with Crippen molar-refractivity contribution in [2.24, 2.45) is 0 Å². The van der Waals surface area contributed by atoms with Crippen LogP contribution in [0.3, 0.4) is 0 Å². The summed E-state index contributed by atoms with van der Waals surface area (Å²) >= 11 is 26.3. The lowest BCUT2D eigenvalue weighted by molar-refractivity contribution is 0.415. The predicted molar refractivity (Wildman–Crippen MR) is 129 cm³/mol. The van der Waals surface area contributed by atoms with Crippen molar-refractivity contribution < 1.29 is 4.74 Å². The van der Waals surface area contributed by atoms with Crippen molar-refractivity contribution in [3.63, 3.8) is 0 Å². The number of thioether (sulfide) groups is 1. The maximum absolute atomic E-state index is 6.34. The van der Waals surface area contributed by atoms with Crippen LogP contribution < -0.4 is 4.74 Å². The number of benzene rings is 3. The van der Waals surface area contributed by atoms with E-state index in [1.807, 2.05) is 47.0 Å². The lowest BCUT2D eigenvalue weighted by atomic mass is 10.2. The number of rotatable bonds is 6. The molecule has 0 amide bonds. The topological polar surface area (TPSA) is 39.9 Å². The molecule has 9 heteroatoms. The summed E-state index contributed by atoms with van der Waals surface area (Å²) in [6.07, 6.45) is 0. The summed E-state index contributed by atoms with van der Waals surface area (Å²) in [6, 6.07) is 18.5. The molecule has 4 rings (SSSR count). The lowest BCUT2D eigenvalue weighted by Crippen LogP contribution is -2.00. The van der Waals surface area contributed by atoms with E-state index in [2.05, 4.69) is 10.2 Å². The van der Waals surface area contributed by atoms with Gasteiger partial charge in [0.2, 0.25) is 0 Å². The van der Waals surface area contributed by atoms with Gasteiger partial charge in [0.05, 0.1) is 22.8 Å². The fourth-order valence-electron chi connectivity index (χ4n) is 2.93. The van der Waals surface area contributed by atoms with Gasteiger partial charge in [0.25, 0.3) is 0 Å². The first-order valence-electron chi connectivity index (χ1n) is 9.08. The highest BCUT2D eigenvalue weighted by Gasteiger charge is 2.18. The molecule has 1 aromatic heterocycles. The smallest absolute Gasteiger partial charge is 0.196 e. The van der Waals surface area contributed by atoms with Crippen LogP contribution in [-0.4, -0.2) is 21.9 Å². The van der Waals surface area contributed by atoms with Crippen molar-refractivity contribution in [1.82, 2.24) is 14.8 Å². The molecule has 0 aliphatic rings. The second-order valence-electron chi connectivity index (χ2n) is 6.49. The van der Waals surface area contributed by atoms with Crippen LogP contribution in [0.2, 0.25) is 20.1 Å². The van der Waals surface area contributed by atoms with Gasteiger partial charge in [0.15, 0.2) is 11.0 Å². The molecule has 0 saturated carbocycles. The molecule has 158 valence electrons. The lowest BCUT2D eigenvalue weighted by Gasteiger charge is -2.12. The minimum atomic E-state index is 0.449. The van der Waals surface area contributed by atoms with Crippen molar-refractivity contribution in [3.8, 4) is 22.8 Å². The number of ether oxygens (including phenoxy) is 1. The van der Waals surface area contributed by atoms with E-state index in [1.54, 1.807) is 25.3 Å². The molecule has 4 aromatic rings. The Balaban J connectivity index is 1.75. The Bertz CT molecular complexity index is 1230. The largest absolute Gasteiger partial charge is 0.497 e. The Morgan fingerprint density at radius 1 is 0.839 bits per heavy atom. The van der Waals surface area contributed by atoms with E-state index in [9.17, 15) is 0 Å². The third kappa shape index (κ3) is 4.97. The Kier molecular flexibility index (Phi) is 6.99. The van der Waals surface area contributed by atoms with Crippen molar-refractivity contribution in [2.75, 3.05) is 7.11 Å². The standard InChI is InChI=1S/C22H15Cl4N3OS/c1-30-17-7-3-13(4-8-17)21-27-28-22(29(21)16-6-9-18(24)20(26)11-16)31-12-14-2-5-15(23)10-19(14)25/h2-11H,12H2,1H3. The highest BCUT2D eigenvalue weighted by Crippen LogP contribution is 2.34. The van der Waals surface area contributed by atoms with Crippen molar-refractivity contribution in [1.29, 1.82) is 0 Å². The molecule has 1 heterocycles. The van der Waals surface area contributed by atoms with E-state index in [1.165, 1.54) is 11.8 Å². The fourth-order valence-corrected chi connectivity index (χ4v) is 4.73. The molecule has 0 saturated heterocycles. The van der Waals surface area contributed by atoms with Gasteiger partial charge < -0.3 is 4.74 Å². The quantitative estimate of drug-likeness (QED) is 0.247. The Labute approximate surface area is 204 Å². The number of hydrogen-bond acceptors (Lipinski definition) is 4. The summed E-state index contributed by atoms with van der Waals surface area (Å²) in [7, 11) is 1.63. The Hall–Kier alpha value is -1.89.